The Morgan fingerprint density at radius 1 is 0.920 bits per heavy atom. The van der Waals surface area contributed by atoms with Crippen LogP contribution in [0.4, 0.5) is 5.69 Å². The lowest BCUT2D eigenvalue weighted by Gasteiger charge is -2.22. The zero-order valence-corrected chi connectivity index (χ0v) is 15.8. The van der Waals surface area contributed by atoms with E-state index in [1.165, 1.54) is 4.31 Å². The Balaban J connectivity index is 2.08. The Hall–Kier alpha value is -1.90. The quantitative estimate of drug-likeness (QED) is 0.757. The molecule has 0 aliphatic heterocycles. The Kier molecular flexibility index (Phi) is 6.21. The van der Waals surface area contributed by atoms with Gasteiger partial charge in [-0.05, 0) is 36.2 Å². The van der Waals surface area contributed by atoms with E-state index in [1.807, 2.05) is 6.92 Å². The van der Waals surface area contributed by atoms with Crippen LogP contribution in [0.2, 0.25) is 0 Å². The number of rotatable bonds is 8. The van der Waals surface area contributed by atoms with E-state index in [2.05, 4.69) is 4.72 Å². The number of benzene rings is 2. The lowest BCUT2D eigenvalue weighted by Crippen LogP contribution is -2.38. The van der Waals surface area contributed by atoms with Gasteiger partial charge < -0.3 is 0 Å². The topological polar surface area (TPSA) is 83.6 Å². The fourth-order valence-corrected chi connectivity index (χ4v) is 4.30. The summed E-state index contributed by atoms with van der Waals surface area (Å²) in [7, 11) is -7.19. The van der Waals surface area contributed by atoms with Crippen LogP contribution in [0.3, 0.4) is 0 Å². The molecule has 2 aromatic carbocycles. The smallest absolute Gasteiger partial charge is 0.240 e. The molecule has 0 bridgehead atoms. The third kappa shape index (κ3) is 5.29. The summed E-state index contributed by atoms with van der Waals surface area (Å²) in [4.78, 5) is 0.162. The lowest BCUT2D eigenvalue weighted by atomic mass is 10.2. The second kappa shape index (κ2) is 7.99. The molecule has 2 aromatic rings. The van der Waals surface area contributed by atoms with Crippen LogP contribution in [0.25, 0.3) is 0 Å². The molecule has 0 unspecified atom stereocenters. The van der Waals surface area contributed by atoms with Crippen molar-refractivity contribution in [1.29, 1.82) is 0 Å². The first kappa shape index (κ1) is 19.4. The van der Waals surface area contributed by atoms with Crippen LogP contribution in [-0.4, -0.2) is 36.2 Å². The molecule has 0 fully saturated rings. The van der Waals surface area contributed by atoms with Crippen molar-refractivity contribution in [3.8, 4) is 0 Å². The van der Waals surface area contributed by atoms with Crippen molar-refractivity contribution in [3.63, 3.8) is 0 Å². The van der Waals surface area contributed by atoms with Crippen LogP contribution in [0, 0.1) is 0 Å². The standard InChI is InChI=1S/C17H22N2O4S2/c1-3-15-9-11-17(12-10-15)25(22,23)18-13-14-19(24(2,20)21)16-7-5-4-6-8-16/h4-12,18H,3,13-14H2,1-2H3. The summed E-state index contributed by atoms with van der Waals surface area (Å²) < 4.78 is 52.2. The fourth-order valence-electron chi connectivity index (χ4n) is 2.35. The molecule has 0 aliphatic carbocycles. The first-order chi connectivity index (χ1) is 11.7. The van der Waals surface area contributed by atoms with Gasteiger partial charge in [-0.25, -0.2) is 21.6 Å². The maximum absolute atomic E-state index is 12.3. The number of nitrogens with zero attached hydrogens (tertiary/aromatic N) is 1. The molecule has 0 saturated carbocycles. The van der Waals surface area contributed by atoms with Gasteiger partial charge in [0.25, 0.3) is 0 Å². The molecule has 8 heteroatoms. The highest BCUT2D eigenvalue weighted by molar-refractivity contribution is 7.92. The Morgan fingerprint density at radius 2 is 1.52 bits per heavy atom. The molecule has 0 amide bonds. The number of sulfonamides is 2. The molecule has 0 spiro atoms. The Labute approximate surface area is 149 Å². The van der Waals surface area contributed by atoms with E-state index in [0.717, 1.165) is 18.2 Å². The second-order valence-corrected chi connectivity index (χ2v) is 9.24. The number of aryl methyl sites for hydroxylation is 1. The summed E-state index contributed by atoms with van der Waals surface area (Å²) in [5.74, 6) is 0. The molecule has 0 atom stereocenters. The minimum absolute atomic E-state index is 0.00905. The first-order valence-corrected chi connectivity index (χ1v) is 11.2. The van der Waals surface area contributed by atoms with Gasteiger partial charge in [0.2, 0.25) is 20.0 Å². The van der Waals surface area contributed by atoms with Crippen LogP contribution < -0.4 is 9.03 Å². The maximum atomic E-state index is 12.3. The van der Waals surface area contributed by atoms with Crippen molar-refractivity contribution in [2.24, 2.45) is 0 Å². The van der Waals surface area contributed by atoms with Crippen LogP contribution in [0.5, 0.6) is 0 Å². The van der Waals surface area contributed by atoms with Crippen LogP contribution in [0.1, 0.15) is 12.5 Å². The van der Waals surface area contributed by atoms with Gasteiger partial charge in [0.05, 0.1) is 16.8 Å². The monoisotopic (exact) mass is 382 g/mol. The summed E-state index contributed by atoms with van der Waals surface area (Å²) in [6.07, 6.45) is 1.92. The van der Waals surface area contributed by atoms with E-state index in [-0.39, 0.29) is 18.0 Å². The zero-order valence-electron chi connectivity index (χ0n) is 14.2. The summed E-state index contributed by atoms with van der Waals surface area (Å²) >= 11 is 0. The first-order valence-electron chi connectivity index (χ1n) is 7.85. The fraction of sp³-hybridized carbons (Fsp3) is 0.294. The summed E-state index contributed by atoms with van der Waals surface area (Å²) in [5.41, 5.74) is 1.54. The van der Waals surface area contributed by atoms with Crippen LogP contribution in [-0.2, 0) is 26.5 Å². The third-order valence-corrected chi connectivity index (χ3v) is 6.36. The number of hydrogen-bond donors (Lipinski definition) is 1. The van der Waals surface area contributed by atoms with E-state index in [4.69, 9.17) is 0 Å². The highest BCUT2D eigenvalue weighted by atomic mass is 32.2. The summed E-state index contributed by atoms with van der Waals surface area (Å²) in [6, 6.07) is 15.2. The SMILES string of the molecule is CCc1ccc(S(=O)(=O)NCCN(c2ccccc2)S(C)(=O)=O)cc1. The molecular formula is C17H22N2O4S2. The van der Waals surface area contributed by atoms with Crippen molar-refractivity contribution in [2.75, 3.05) is 23.7 Å². The van der Waals surface area contributed by atoms with Gasteiger partial charge in [-0.2, -0.15) is 0 Å². The Morgan fingerprint density at radius 3 is 2.04 bits per heavy atom. The van der Waals surface area contributed by atoms with Gasteiger partial charge >= 0.3 is 0 Å². The molecule has 6 nitrogen and oxygen atoms in total. The number of nitrogens with one attached hydrogen (secondary N) is 1. The van der Waals surface area contributed by atoms with Gasteiger partial charge in [0, 0.05) is 13.1 Å². The lowest BCUT2D eigenvalue weighted by molar-refractivity contribution is 0.578. The summed E-state index contributed by atoms with van der Waals surface area (Å²) in [6.45, 7) is 1.97. The molecule has 0 saturated heterocycles. The normalized spacial score (nSPS) is 12.1. The van der Waals surface area contributed by atoms with Gasteiger partial charge in [-0.1, -0.05) is 37.3 Å². The second-order valence-electron chi connectivity index (χ2n) is 5.57. The van der Waals surface area contributed by atoms with E-state index in [0.29, 0.717) is 5.69 Å². The van der Waals surface area contributed by atoms with Crippen molar-refractivity contribution in [2.45, 2.75) is 18.2 Å². The number of anilines is 1. The average Bonchev–Trinajstić information content (AvgIpc) is 2.58. The molecule has 0 radical (unpaired) electrons. The number of hydrogen-bond acceptors (Lipinski definition) is 4. The molecule has 0 heterocycles. The van der Waals surface area contributed by atoms with Crippen molar-refractivity contribution in [1.82, 2.24) is 4.72 Å². The van der Waals surface area contributed by atoms with E-state index in [1.54, 1.807) is 54.6 Å². The summed E-state index contributed by atoms with van der Waals surface area (Å²) in [5, 5.41) is 0. The highest BCUT2D eigenvalue weighted by Gasteiger charge is 2.19. The van der Waals surface area contributed by atoms with Crippen LogP contribution in [0.15, 0.2) is 59.5 Å². The highest BCUT2D eigenvalue weighted by Crippen LogP contribution is 2.16. The largest absolute Gasteiger partial charge is 0.269 e. The third-order valence-electron chi connectivity index (χ3n) is 3.69. The number of para-hydroxylation sites is 1. The predicted molar refractivity (Wildman–Crippen MR) is 99.6 cm³/mol. The molecule has 0 aromatic heterocycles. The van der Waals surface area contributed by atoms with E-state index >= 15 is 0 Å². The molecule has 1 N–H and O–H groups in total. The van der Waals surface area contributed by atoms with Crippen molar-refractivity contribution < 1.29 is 16.8 Å². The zero-order chi connectivity index (χ0) is 18.5. The van der Waals surface area contributed by atoms with Gasteiger partial charge in [-0.3, -0.25) is 4.31 Å². The van der Waals surface area contributed by atoms with Crippen molar-refractivity contribution in [3.05, 3.63) is 60.2 Å². The average molecular weight is 383 g/mol. The molecular weight excluding hydrogens is 360 g/mol. The van der Waals surface area contributed by atoms with Gasteiger partial charge in [-0.15, -0.1) is 0 Å². The maximum Gasteiger partial charge on any atom is 0.240 e. The minimum Gasteiger partial charge on any atom is -0.269 e. The van der Waals surface area contributed by atoms with E-state index < -0.39 is 20.0 Å². The predicted octanol–water partition coefficient (Wildman–Crippen LogP) is 1.99. The van der Waals surface area contributed by atoms with Crippen LogP contribution >= 0.6 is 0 Å². The Bertz CT molecular complexity index is 893. The van der Waals surface area contributed by atoms with Gasteiger partial charge in [0.1, 0.15) is 0 Å². The van der Waals surface area contributed by atoms with Crippen molar-refractivity contribution >= 4 is 25.7 Å². The van der Waals surface area contributed by atoms with Gasteiger partial charge in [0.15, 0.2) is 0 Å². The van der Waals surface area contributed by atoms with E-state index in [9.17, 15) is 16.8 Å². The molecule has 136 valence electrons. The minimum atomic E-state index is -3.68. The molecule has 2 rings (SSSR count). The molecule has 25 heavy (non-hydrogen) atoms. The molecule has 0 aliphatic rings.